The Morgan fingerprint density at radius 3 is 2.55 bits per heavy atom. The van der Waals surface area contributed by atoms with Crippen molar-refractivity contribution in [1.82, 2.24) is 9.99 Å². The summed E-state index contributed by atoms with van der Waals surface area (Å²) in [6, 6.07) is 9.69. The minimum Gasteiger partial charge on any atom is -0.318 e. The van der Waals surface area contributed by atoms with E-state index in [1.165, 1.54) is 6.92 Å². The Kier molecular flexibility index (Phi) is 4.25. The smallest absolute Gasteiger partial charge is 0.236 e. The van der Waals surface area contributed by atoms with E-state index in [1.54, 1.807) is 6.21 Å². The molecule has 0 aliphatic heterocycles. The standard InChI is InChI=1S/C15H16ClN3O/c1-10-8-13(9-17-18-12(3)20)11(2)19(10)15-6-4-14(16)5-7-15/h4-9H,1-3H3,(H,18,20). The van der Waals surface area contributed by atoms with E-state index in [2.05, 4.69) is 15.1 Å². The fraction of sp³-hybridized carbons (Fsp3) is 0.200. The van der Waals surface area contributed by atoms with Crippen molar-refractivity contribution in [2.75, 3.05) is 0 Å². The fourth-order valence-electron chi connectivity index (χ4n) is 2.10. The Bertz CT molecular complexity index is 657. The molecule has 0 atom stereocenters. The normalized spacial score (nSPS) is 11.0. The second-order valence-corrected chi connectivity index (χ2v) is 5.00. The summed E-state index contributed by atoms with van der Waals surface area (Å²) in [5.74, 6) is -0.187. The predicted molar refractivity (Wildman–Crippen MR) is 81.7 cm³/mol. The monoisotopic (exact) mass is 289 g/mol. The van der Waals surface area contributed by atoms with Crippen molar-refractivity contribution < 1.29 is 4.79 Å². The van der Waals surface area contributed by atoms with E-state index in [0.717, 1.165) is 22.6 Å². The first-order chi connectivity index (χ1) is 9.49. The summed E-state index contributed by atoms with van der Waals surface area (Å²) in [6.45, 7) is 5.46. The minimum atomic E-state index is -0.187. The second kappa shape index (κ2) is 5.92. The first kappa shape index (κ1) is 14.3. The van der Waals surface area contributed by atoms with Crippen LogP contribution in [0.4, 0.5) is 0 Å². The molecule has 2 rings (SSSR count). The van der Waals surface area contributed by atoms with Crippen molar-refractivity contribution in [3.63, 3.8) is 0 Å². The van der Waals surface area contributed by atoms with Gasteiger partial charge in [0.15, 0.2) is 0 Å². The molecule has 0 aliphatic rings. The van der Waals surface area contributed by atoms with Crippen LogP contribution in [0.1, 0.15) is 23.9 Å². The van der Waals surface area contributed by atoms with Gasteiger partial charge in [0.1, 0.15) is 0 Å². The number of halogens is 1. The van der Waals surface area contributed by atoms with Crippen molar-refractivity contribution in [2.24, 2.45) is 5.10 Å². The lowest BCUT2D eigenvalue weighted by Crippen LogP contribution is -2.12. The lowest BCUT2D eigenvalue weighted by Gasteiger charge is -2.09. The molecule has 0 aliphatic carbocycles. The van der Waals surface area contributed by atoms with Crippen molar-refractivity contribution in [1.29, 1.82) is 0 Å². The molecule has 0 unspecified atom stereocenters. The Balaban J connectivity index is 2.36. The van der Waals surface area contributed by atoms with Crippen LogP contribution in [0.15, 0.2) is 35.4 Å². The summed E-state index contributed by atoms with van der Waals surface area (Å²) >= 11 is 5.91. The van der Waals surface area contributed by atoms with Crippen LogP contribution in [0.2, 0.25) is 5.02 Å². The van der Waals surface area contributed by atoms with E-state index in [1.807, 2.05) is 44.2 Å². The molecule has 1 amide bonds. The highest BCUT2D eigenvalue weighted by Gasteiger charge is 2.09. The number of rotatable bonds is 3. The summed E-state index contributed by atoms with van der Waals surface area (Å²) in [4.78, 5) is 10.8. The molecule has 1 heterocycles. The molecule has 104 valence electrons. The van der Waals surface area contributed by atoms with E-state index in [4.69, 9.17) is 11.6 Å². The maximum Gasteiger partial charge on any atom is 0.236 e. The molecule has 1 aromatic heterocycles. The molecule has 4 nitrogen and oxygen atoms in total. The molecule has 0 saturated heterocycles. The van der Waals surface area contributed by atoms with Gasteiger partial charge in [-0.25, -0.2) is 5.43 Å². The number of nitrogens with one attached hydrogen (secondary N) is 1. The molecule has 0 spiro atoms. The number of aromatic nitrogens is 1. The summed E-state index contributed by atoms with van der Waals surface area (Å²) in [6.07, 6.45) is 1.65. The molecule has 0 bridgehead atoms. The Morgan fingerprint density at radius 2 is 1.95 bits per heavy atom. The lowest BCUT2D eigenvalue weighted by molar-refractivity contribution is -0.118. The van der Waals surface area contributed by atoms with Gasteiger partial charge in [-0.15, -0.1) is 0 Å². The maximum absolute atomic E-state index is 10.8. The van der Waals surface area contributed by atoms with Gasteiger partial charge in [0.25, 0.3) is 0 Å². The topological polar surface area (TPSA) is 46.4 Å². The summed E-state index contributed by atoms with van der Waals surface area (Å²) in [5.41, 5.74) is 6.56. The van der Waals surface area contributed by atoms with Gasteiger partial charge in [-0.05, 0) is 44.2 Å². The van der Waals surface area contributed by atoms with E-state index >= 15 is 0 Å². The van der Waals surface area contributed by atoms with Gasteiger partial charge < -0.3 is 4.57 Å². The number of carbonyl (C=O) groups is 1. The van der Waals surface area contributed by atoms with E-state index in [9.17, 15) is 4.79 Å². The molecule has 5 heteroatoms. The van der Waals surface area contributed by atoms with Crippen molar-refractivity contribution in [3.05, 3.63) is 52.3 Å². The van der Waals surface area contributed by atoms with Crippen LogP contribution in [0.3, 0.4) is 0 Å². The van der Waals surface area contributed by atoms with Crippen LogP contribution >= 0.6 is 11.6 Å². The van der Waals surface area contributed by atoms with E-state index < -0.39 is 0 Å². The Hall–Kier alpha value is -2.07. The molecule has 20 heavy (non-hydrogen) atoms. The van der Waals surface area contributed by atoms with Crippen LogP contribution in [0.5, 0.6) is 0 Å². The zero-order chi connectivity index (χ0) is 14.7. The molecular formula is C15H16ClN3O. The third-order valence-electron chi connectivity index (χ3n) is 2.98. The van der Waals surface area contributed by atoms with Gasteiger partial charge in [0, 0.05) is 34.6 Å². The number of nitrogens with zero attached hydrogens (tertiary/aromatic N) is 2. The highest BCUT2D eigenvalue weighted by atomic mass is 35.5. The molecule has 0 radical (unpaired) electrons. The summed E-state index contributed by atoms with van der Waals surface area (Å²) < 4.78 is 2.12. The maximum atomic E-state index is 10.8. The molecule has 1 aromatic carbocycles. The highest BCUT2D eigenvalue weighted by molar-refractivity contribution is 6.30. The Labute approximate surface area is 123 Å². The van der Waals surface area contributed by atoms with Crippen LogP contribution in [0.25, 0.3) is 5.69 Å². The number of hydrogen-bond donors (Lipinski definition) is 1. The quantitative estimate of drug-likeness (QED) is 0.684. The predicted octanol–water partition coefficient (Wildman–Crippen LogP) is 3.22. The number of carbonyl (C=O) groups excluding carboxylic acids is 1. The molecular weight excluding hydrogens is 274 g/mol. The third kappa shape index (κ3) is 3.08. The Morgan fingerprint density at radius 1 is 1.30 bits per heavy atom. The number of hydrogen-bond acceptors (Lipinski definition) is 2. The van der Waals surface area contributed by atoms with Gasteiger partial charge in [-0.1, -0.05) is 11.6 Å². The third-order valence-corrected chi connectivity index (χ3v) is 3.23. The van der Waals surface area contributed by atoms with E-state index in [0.29, 0.717) is 5.02 Å². The van der Waals surface area contributed by atoms with Gasteiger partial charge in [0.2, 0.25) is 5.91 Å². The number of amides is 1. The summed E-state index contributed by atoms with van der Waals surface area (Å²) in [5, 5.41) is 4.62. The first-order valence-corrected chi connectivity index (χ1v) is 6.61. The van der Waals surface area contributed by atoms with Crippen LogP contribution in [-0.4, -0.2) is 16.7 Å². The van der Waals surface area contributed by atoms with Crippen molar-refractivity contribution >= 4 is 23.7 Å². The van der Waals surface area contributed by atoms with Gasteiger partial charge in [0.05, 0.1) is 6.21 Å². The zero-order valence-electron chi connectivity index (χ0n) is 11.6. The lowest BCUT2D eigenvalue weighted by atomic mass is 10.2. The average Bonchev–Trinajstić information content (AvgIpc) is 2.66. The molecule has 0 saturated carbocycles. The van der Waals surface area contributed by atoms with Crippen molar-refractivity contribution in [2.45, 2.75) is 20.8 Å². The minimum absolute atomic E-state index is 0.187. The number of benzene rings is 1. The largest absolute Gasteiger partial charge is 0.318 e. The molecule has 2 aromatic rings. The second-order valence-electron chi connectivity index (χ2n) is 4.56. The molecule has 0 fully saturated rings. The average molecular weight is 290 g/mol. The van der Waals surface area contributed by atoms with Crippen molar-refractivity contribution in [3.8, 4) is 5.69 Å². The highest BCUT2D eigenvalue weighted by Crippen LogP contribution is 2.21. The zero-order valence-corrected chi connectivity index (χ0v) is 12.4. The van der Waals surface area contributed by atoms with Crippen LogP contribution < -0.4 is 5.43 Å². The van der Waals surface area contributed by atoms with Gasteiger partial charge in [-0.2, -0.15) is 5.10 Å². The number of hydrazone groups is 1. The van der Waals surface area contributed by atoms with Crippen LogP contribution in [0, 0.1) is 13.8 Å². The van der Waals surface area contributed by atoms with E-state index in [-0.39, 0.29) is 5.91 Å². The van der Waals surface area contributed by atoms with Gasteiger partial charge >= 0.3 is 0 Å². The number of aryl methyl sites for hydroxylation is 1. The fourth-order valence-corrected chi connectivity index (χ4v) is 2.22. The van der Waals surface area contributed by atoms with Gasteiger partial charge in [-0.3, -0.25) is 4.79 Å². The first-order valence-electron chi connectivity index (χ1n) is 6.23. The molecule has 1 N–H and O–H groups in total. The van der Waals surface area contributed by atoms with Crippen LogP contribution in [-0.2, 0) is 4.79 Å². The summed E-state index contributed by atoms with van der Waals surface area (Å²) in [7, 11) is 0. The SMILES string of the molecule is CC(=O)NN=Cc1cc(C)n(-c2ccc(Cl)cc2)c1C.